The first-order valence-corrected chi connectivity index (χ1v) is 11.0. The number of aldehydes is 1. The first-order chi connectivity index (χ1) is 13.0. The molecule has 0 aliphatic rings. The lowest BCUT2D eigenvalue weighted by Gasteiger charge is -2.31. The van der Waals surface area contributed by atoms with E-state index in [2.05, 4.69) is 6.55 Å². The van der Waals surface area contributed by atoms with E-state index in [0.717, 1.165) is 27.6 Å². The van der Waals surface area contributed by atoms with Crippen LogP contribution in [0.2, 0.25) is 6.55 Å². The third-order valence-electron chi connectivity index (χ3n) is 4.99. The Hall–Kier alpha value is -3.18. The highest BCUT2D eigenvalue weighted by Crippen LogP contribution is 2.15. The van der Waals surface area contributed by atoms with Crippen LogP contribution in [-0.2, 0) is 0 Å². The molecular weight excluding hydrogens is 356 g/mol. The molecule has 0 aromatic heterocycles. The van der Waals surface area contributed by atoms with Gasteiger partial charge in [0.15, 0.2) is 0 Å². The van der Waals surface area contributed by atoms with Gasteiger partial charge in [0.1, 0.15) is 20.1 Å². The van der Waals surface area contributed by atoms with Crippen molar-refractivity contribution in [3.05, 3.63) is 83.9 Å². The molecule has 0 spiro atoms. The number of rotatable bonds is 6. The summed E-state index contributed by atoms with van der Waals surface area (Å²) >= 11 is 0. The van der Waals surface area contributed by atoms with Crippen molar-refractivity contribution in [2.45, 2.75) is 6.55 Å². The van der Waals surface area contributed by atoms with Crippen LogP contribution in [0.3, 0.4) is 0 Å². The summed E-state index contributed by atoms with van der Waals surface area (Å²) in [6, 6.07) is 22.1. The van der Waals surface area contributed by atoms with Gasteiger partial charge in [-0.2, -0.15) is 0 Å². The highest BCUT2D eigenvalue weighted by atomic mass is 28.3. The largest absolute Gasteiger partial charge is 0.497 e. The smallest absolute Gasteiger partial charge is 0.335 e. The average Bonchev–Trinajstić information content (AvgIpc) is 2.73. The highest BCUT2D eigenvalue weighted by Gasteiger charge is 2.38. The Morgan fingerprint density at radius 1 is 0.926 bits per heavy atom. The molecule has 3 rings (SSSR count). The van der Waals surface area contributed by atoms with Gasteiger partial charge in [0.05, 0.1) is 12.7 Å². The second-order valence-corrected chi connectivity index (χ2v) is 10.3. The standard InChI is InChI=1S/C22H20O4Si/c1-26-17-11-13-18(14-12-17)27(2,20-9-5-3-7-16(20)15-23)21-10-6-4-8-19(21)22(24)25/h3-15H,1-2H3,(H,24,25). The van der Waals surface area contributed by atoms with Crippen molar-refractivity contribution in [2.24, 2.45) is 0 Å². The normalized spacial score (nSPS) is 12.8. The third-order valence-corrected chi connectivity index (χ3v) is 9.52. The van der Waals surface area contributed by atoms with E-state index >= 15 is 0 Å². The number of hydrogen-bond donors (Lipinski definition) is 1. The molecule has 0 bridgehead atoms. The van der Waals surface area contributed by atoms with Crippen LogP contribution in [0.4, 0.5) is 0 Å². The minimum atomic E-state index is -2.75. The molecule has 0 aliphatic carbocycles. The average molecular weight is 376 g/mol. The summed E-state index contributed by atoms with van der Waals surface area (Å²) in [5, 5.41) is 12.4. The predicted molar refractivity (Wildman–Crippen MR) is 109 cm³/mol. The molecule has 5 heteroatoms. The summed E-state index contributed by atoms with van der Waals surface area (Å²) in [4.78, 5) is 23.7. The predicted octanol–water partition coefficient (Wildman–Crippen LogP) is 2.31. The van der Waals surface area contributed by atoms with E-state index < -0.39 is 14.0 Å². The maximum Gasteiger partial charge on any atom is 0.335 e. The summed E-state index contributed by atoms with van der Waals surface area (Å²) in [6.07, 6.45) is 0.841. The molecule has 0 aliphatic heterocycles. The number of carbonyl (C=O) groups is 2. The van der Waals surface area contributed by atoms with Gasteiger partial charge in [-0.15, -0.1) is 0 Å². The Labute approximate surface area is 159 Å². The Morgan fingerprint density at radius 2 is 1.52 bits per heavy atom. The van der Waals surface area contributed by atoms with Crippen LogP contribution in [-0.4, -0.2) is 32.5 Å². The lowest BCUT2D eigenvalue weighted by atomic mass is 10.2. The van der Waals surface area contributed by atoms with E-state index in [1.807, 2.05) is 54.6 Å². The summed E-state index contributed by atoms with van der Waals surface area (Å²) in [5.74, 6) is -0.244. The maximum absolute atomic E-state index is 11.9. The van der Waals surface area contributed by atoms with Crippen molar-refractivity contribution in [1.82, 2.24) is 0 Å². The van der Waals surface area contributed by atoms with Gasteiger partial charge in [0.25, 0.3) is 0 Å². The van der Waals surface area contributed by atoms with Gasteiger partial charge in [-0.05, 0) is 33.8 Å². The SMILES string of the molecule is COc1ccc([Si](C)(c2ccccc2C=O)c2ccccc2C(=O)O)cc1. The minimum Gasteiger partial charge on any atom is -0.497 e. The number of carboxylic acids is 1. The molecule has 0 heterocycles. The van der Waals surface area contributed by atoms with E-state index in [-0.39, 0.29) is 5.56 Å². The van der Waals surface area contributed by atoms with Gasteiger partial charge in [0, 0.05) is 5.56 Å². The van der Waals surface area contributed by atoms with Gasteiger partial charge in [0.2, 0.25) is 0 Å². The quantitative estimate of drug-likeness (QED) is 0.407. The Kier molecular flexibility index (Phi) is 5.23. The van der Waals surface area contributed by atoms with Crippen LogP contribution in [0, 0.1) is 0 Å². The fourth-order valence-electron chi connectivity index (χ4n) is 3.54. The molecule has 136 valence electrons. The maximum atomic E-state index is 11.9. The van der Waals surface area contributed by atoms with Crippen molar-refractivity contribution in [3.8, 4) is 5.75 Å². The Bertz CT molecular complexity index is 982. The van der Waals surface area contributed by atoms with Crippen molar-refractivity contribution < 1.29 is 19.4 Å². The molecule has 3 aromatic rings. The van der Waals surface area contributed by atoms with E-state index in [9.17, 15) is 14.7 Å². The number of benzene rings is 3. The number of carboxylic acid groups (broad SMARTS) is 1. The van der Waals surface area contributed by atoms with E-state index in [0.29, 0.717) is 5.56 Å². The van der Waals surface area contributed by atoms with Crippen LogP contribution in [0.5, 0.6) is 5.75 Å². The number of ether oxygens (including phenoxy) is 1. The van der Waals surface area contributed by atoms with Crippen LogP contribution >= 0.6 is 0 Å². The van der Waals surface area contributed by atoms with Crippen molar-refractivity contribution in [1.29, 1.82) is 0 Å². The first-order valence-electron chi connectivity index (χ1n) is 8.54. The third kappa shape index (κ3) is 3.29. The molecular formula is C22H20O4Si. The Morgan fingerprint density at radius 3 is 2.11 bits per heavy atom. The topological polar surface area (TPSA) is 63.6 Å². The fraction of sp³-hybridized carbons (Fsp3) is 0.0909. The number of carbonyl (C=O) groups excluding carboxylic acids is 1. The van der Waals surface area contributed by atoms with Crippen molar-refractivity contribution in [2.75, 3.05) is 7.11 Å². The number of hydrogen-bond acceptors (Lipinski definition) is 3. The van der Waals surface area contributed by atoms with E-state index in [1.54, 1.807) is 25.3 Å². The minimum absolute atomic E-state index is 0.267. The zero-order valence-corrected chi connectivity index (χ0v) is 16.2. The van der Waals surface area contributed by atoms with Gasteiger partial charge in [-0.25, -0.2) is 4.79 Å². The number of aromatic carboxylic acids is 1. The zero-order chi connectivity index (χ0) is 19.4. The summed E-state index contributed by atoms with van der Waals surface area (Å²) in [6.45, 7) is 2.08. The summed E-state index contributed by atoms with van der Waals surface area (Å²) in [7, 11) is -1.15. The van der Waals surface area contributed by atoms with Crippen molar-refractivity contribution >= 4 is 35.9 Å². The molecule has 0 fully saturated rings. The van der Waals surface area contributed by atoms with Gasteiger partial charge in [-0.3, -0.25) is 4.79 Å². The van der Waals surface area contributed by atoms with Crippen molar-refractivity contribution in [3.63, 3.8) is 0 Å². The molecule has 1 unspecified atom stereocenters. The molecule has 0 amide bonds. The second kappa shape index (κ2) is 7.59. The molecule has 1 atom stereocenters. The lowest BCUT2D eigenvalue weighted by Crippen LogP contribution is -2.66. The van der Waals surface area contributed by atoms with Crippen LogP contribution in [0.25, 0.3) is 0 Å². The highest BCUT2D eigenvalue weighted by molar-refractivity contribution is 7.11. The monoisotopic (exact) mass is 376 g/mol. The lowest BCUT2D eigenvalue weighted by molar-refractivity contribution is 0.0698. The molecule has 0 saturated carbocycles. The first kappa shape index (κ1) is 18.6. The van der Waals surface area contributed by atoms with Gasteiger partial charge >= 0.3 is 5.97 Å². The van der Waals surface area contributed by atoms with Gasteiger partial charge in [-0.1, -0.05) is 61.1 Å². The van der Waals surface area contributed by atoms with Gasteiger partial charge < -0.3 is 9.84 Å². The zero-order valence-electron chi connectivity index (χ0n) is 15.2. The van der Waals surface area contributed by atoms with E-state index in [1.165, 1.54) is 0 Å². The molecule has 0 radical (unpaired) electrons. The van der Waals surface area contributed by atoms with Crippen LogP contribution in [0.15, 0.2) is 72.8 Å². The molecule has 1 N–H and O–H groups in total. The fourth-order valence-corrected chi connectivity index (χ4v) is 7.59. The van der Waals surface area contributed by atoms with Crippen LogP contribution < -0.4 is 20.3 Å². The Balaban J connectivity index is 2.36. The second-order valence-electron chi connectivity index (χ2n) is 6.41. The van der Waals surface area contributed by atoms with E-state index in [4.69, 9.17) is 4.74 Å². The summed E-state index contributed by atoms with van der Waals surface area (Å²) in [5.41, 5.74) is 0.853. The molecule has 0 saturated heterocycles. The number of methoxy groups -OCH3 is 1. The summed E-state index contributed by atoms with van der Waals surface area (Å²) < 4.78 is 5.27. The molecule has 27 heavy (non-hydrogen) atoms. The molecule has 4 nitrogen and oxygen atoms in total. The van der Waals surface area contributed by atoms with Crippen LogP contribution in [0.1, 0.15) is 20.7 Å². The molecule has 3 aromatic carbocycles.